The van der Waals surface area contributed by atoms with E-state index >= 15 is 0 Å². The van der Waals surface area contributed by atoms with E-state index in [0.29, 0.717) is 5.75 Å². The molecule has 0 aliphatic heterocycles. The van der Waals surface area contributed by atoms with Crippen molar-refractivity contribution in [2.45, 2.75) is 6.92 Å². The Bertz CT molecular complexity index is 951. The van der Waals surface area contributed by atoms with Crippen LogP contribution >= 0.6 is 28.1 Å². The third-order valence-electron chi connectivity index (χ3n) is 3.53. The molecule has 0 atom stereocenters. The fourth-order valence-electron chi connectivity index (χ4n) is 2.14. The molecule has 2 rings (SSSR count). The van der Waals surface area contributed by atoms with Crippen LogP contribution < -0.4 is 20.9 Å². The van der Waals surface area contributed by atoms with Crippen molar-refractivity contribution in [3.05, 3.63) is 63.6 Å². The molecule has 152 valence electrons. The van der Waals surface area contributed by atoms with Gasteiger partial charge >= 0.3 is 5.97 Å². The normalized spacial score (nSPS) is 9.90. The van der Waals surface area contributed by atoms with Crippen LogP contribution in [-0.4, -0.2) is 36.6 Å². The molecule has 2 aromatic carbocycles. The third kappa shape index (κ3) is 6.84. The maximum atomic E-state index is 12.2. The van der Waals surface area contributed by atoms with Crippen LogP contribution in [0.15, 0.2) is 46.9 Å². The second kappa shape index (κ2) is 10.5. The minimum absolute atomic E-state index is 0.122. The summed E-state index contributed by atoms with van der Waals surface area (Å²) in [5, 5.41) is 2.27. The van der Waals surface area contributed by atoms with E-state index in [1.807, 2.05) is 19.1 Å². The van der Waals surface area contributed by atoms with E-state index in [4.69, 9.17) is 17.0 Å². The summed E-state index contributed by atoms with van der Waals surface area (Å²) in [5.41, 5.74) is 6.21. The topological polar surface area (TPSA) is 106 Å². The second-order valence-corrected chi connectivity index (χ2v) is 7.01. The van der Waals surface area contributed by atoms with E-state index < -0.39 is 17.8 Å². The van der Waals surface area contributed by atoms with Crippen LogP contribution in [0.3, 0.4) is 0 Å². The summed E-state index contributed by atoms with van der Waals surface area (Å²) >= 11 is 8.33. The number of esters is 1. The molecule has 2 aromatic rings. The SMILES string of the molecule is COC(=O)c1cccc(C(=O)NC(=S)NNC(=O)COc2ccc(C)cc2Br)c1. The average Bonchev–Trinajstić information content (AvgIpc) is 2.71. The molecule has 0 bridgehead atoms. The number of ether oxygens (including phenoxy) is 2. The van der Waals surface area contributed by atoms with Gasteiger partial charge in [-0.05, 0) is 71.0 Å². The summed E-state index contributed by atoms with van der Waals surface area (Å²) in [6, 6.07) is 11.4. The second-order valence-electron chi connectivity index (χ2n) is 5.75. The van der Waals surface area contributed by atoms with Gasteiger partial charge in [0.1, 0.15) is 5.75 Å². The Kier molecular flexibility index (Phi) is 8.10. The number of benzene rings is 2. The van der Waals surface area contributed by atoms with Gasteiger partial charge in [0.15, 0.2) is 11.7 Å². The van der Waals surface area contributed by atoms with Crippen molar-refractivity contribution in [1.29, 1.82) is 0 Å². The van der Waals surface area contributed by atoms with Gasteiger partial charge < -0.3 is 9.47 Å². The molecule has 3 N–H and O–H groups in total. The van der Waals surface area contributed by atoms with Crippen LogP contribution in [0.5, 0.6) is 5.75 Å². The zero-order chi connectivity index (χ0) is 21.4. The zero-order valence-corrected chi connectivity index (χ0v) is 18.0. The summed E-state index contributed by atoms with van der Waals surface area (Å²) in [6.07, 6.45) is 0. The van der Waals surface area contributed by atoms with Crippen LogP contribution in [0.4, 0.5) is 0 Å². The van der Waals surface area contributed by atoms with Gasteiger partial charge in [-0.25, -0.2) is 4.79 Å². The predicted octanol–water partition coefficient (Wildman–Crippen LogP) is 2.26. The highest BCUT2D eigenvalue weighted by Crippen LogP contribution is 2.25. The molecule has 0 saturated carbocycles. The fourth-order valence-corrected chi connectivity index (χ4v) is 2.89. The lowest BCUT2D eigenvalue weighted by molar-refractivity contribution is -0.123. The van der Waals surface area contributed by atoms with Gasteiger partial charge in [-0.15, -0.1) is 0 Å². The number of methoxy groups -OCH3 is 1. The lowest BCUT2D eigenvalue weighted by atomic mass is 10.1. The highest BCUT2D eigenvalue weighted by atomic mass is 79.9. The molecule has 0 heterocycles. The zero-order valence-electron chi connectivity index (χ0n) is 15.6. The minimum Gasteiger partial charge on any atom is -0.483 e. The van der Waals surface area contributed by atoms with Gasteiger partial charge in [0.2, 0.25) is 0 Å². The Labute approximate surface area is 181 Å². The van der Waals surface area contributed by atoms with Gasteiger partial charge in [-0.2, -0.15) is 0 Å². The van der Waals surface area contributed by atoms with Crippen molar-refractivity contribution >= 4 is 51.0 Å². The van der Waals surface area contributed by atoms with Crippen LogP contribution in [0, 0.1) is 6.92 Å². The first kappa shape index (κ1) is 22.3. The smallest absolute Gasteiger partial charge is 0.337 e. The van der Waals surface area contributed by atoms with Crippen LogP contribution in [-0.2, 0) is 9.53 Å². The highest BCUT2D eigenvalue weighted by molar-refractivity contribution is 9.10. The predicted molar refractivity (Wildman–Crippen MR) is 113 cm³/mol. The van der Waals surface area contributed by atoms with Crippen LogP contribution in [0.2, 0.25) is 0 Å². The Morgan fingerprint density at radius 2 is 1.79 bits per heavy atom. The Hall–Kier alpha value is -2.98. The molecule has 0 spiro atoms. The van der Waals surface area contributed by atoms with Crippen molar-refractivity contribution < 1.29 is 23.9 Å². The van der Waals surface area contributed by atoms with E-state index in [-0.39, 0.29) is 22.8 Å². The Balaban J connectivity index is 1.81. The van der Waals surface area contributed by atoms with Crippen molar-refractivity contribution in [2.24, 2.45) is 0 Å². The number of thiocarbonyl (C=S) groups is 1. The largest absolute Gasteiger partial charge is 0.483 e. The number of amides is 2. The summed E-state index contributed by atoms with van der Waals surface area (Å²) in [5.74, 6) is -1.09. The number of carbonyl (C=O) groups excluding carboxylic acids is 3. The third-order valence-corrected chi connectivity index (χ3v) is 4.36. The number of halogens is 1. The molecule has 2 amide bonds. The minimum atomic E-state index is -0.562. The van der Waals surface area contributed by atoms with E-state index in [1.165, 1.54) is 25.3 Å². The Morgan fingerprint density at radius 3 is 2.48 bits per heavy atom. The van der Waals surface area contributed by atoms with E-state index in [0.717, 1.165) is 10.0 Å². The first-order valence-corrected chi connectivity index (χ1v) is 9.47. The molecular weight excluding hydrogens is 462 g/mol. The molecule has 0 saturated heterocycles. The monoisotopic (exact) mass is 479 g/mol. The summed E-state index contributed by atoms with van der Waals surface area (Å²) in [4.78, 5) is 35.6. The molecule has 10 heteroatoms. The van der Waals surface area contributed by atoms with Crippen molar-refractivity contribution in [3.8, 4) is 5.75 Å². The first-order valence-electron chi connectivity index (χ1n) is 8.27. The summed E-state index contributed by atoms with van der Waals surface area (Å²) in [6.45, 7) is 1.68. The number of hydrogen-bond donors (Lipinski definition) is 3. The number of rotatable bonds is 5. The highest BCUT2D eigenvalue weighted by Gasteiger charge is 2.12. The number of carbonyl (C=O) groups is 3. The molecule has 0 unspecified atom stereocenters. The lowest BCUT2D eigenvalue weighted by Crippen LogP contribution is -2.49. The molecule has 0 aliphatic carbocycles. The van der Waals surface area contributed by atoms with E-state index in [9.17, 15) is 14.4 Å². The number of nitrogens with one attached hydrogen (secondary N) is 3. The van der Waals surface area contributed by atoms with Gasteiger partial charge in [0.25, 0.3) is 11.8 Å². The number of aryl methyl sites for hydroxylation is 1. The molecule has 29 heavy (non-hydrogen) atoms. The number of hydrogen-bond acceptors (Lipinski definition) is 6. The summed E-state index contributed by atoms with van der Waals surface area (Å²) in [7, 11) is 1.25. The molecule has 0 radical (unpaired) electrons. The molecule has 0 aliphatic rings. The van der Waals surface area contributed by atoms with Crippen LogP contribution in [0.1, 0.15) is 26.3 Å². The van der Waals surface area contributed by atoms with Gasteiger partial charge in [0.05, 0.1) is 17.1 Å². The Morgan fingerprint density at radius 1 is 1.07 bits per heavy atom. The standard InChI is InChI=1S/C19H18BrN3O5S/c1-11-6-7-15(14(20)8-11)28-10-16(24)22-23-19(29)21-17(25)12-4-3-5-13(9-12)18(26)27-2/h3-9H,10H2,1-2H3,(H,22,24)(H2,21,23,25,29). The quantitative estimate of drug-likeness (QED) is 0.343. The van der Waals surface area contributed by atoms with Gasteiger partial charge in [-0.3, -0.25) is 25.8 Å². The summed E-state index contributed by atoms with van der Waals surface area (Å²) < 4.78 is 10.8. The lowest BCUT2D eigenvalue weighted by Gasteiger charge is -2.12. The molecule has 0 fully saturated rings. The molecular formula is C19H18BrN3O5S. The van der Waals surface area contributed by atoms with Crippen molar-refractivity contribution in [2.75, 3.05) is 13.7 Å². The maximum absolute atomic E-state index is 12.2. The molecule has 8 nitrogen and oxygen atoms in total. The van der Waals surface area contributed by atoms with E-state index in [2.05, 4.69) is 36.8 Å². The average molecular weight is 480 g/mol. The van der Waals surface area contributed by atoms with Crippen LogP contribution in [0.25, 0.3) is 0 Å². The number of hydrazine groups is 1. The van der Waals surface area contributed by atoms with Gasteiger partial charge in [-0.1, -0.05) is 12.1 Å². The first-order chi connectivity index (χ1) is 13.8. The van der Waals surface area contributed by atoms with Gasteiger partial charge in [0, 0.05) is 5.56 Å². The van der Waals surface area contributed by atoms with E-state index in [1.54, 1.807) is 12.1 Å². The van der Waals surface area contributed by atoms with Crippen molar-refractivity contribution in [1.82, 2.24) is 16.2 Å². The maximum Gasteiger partial charge on any atom is 0.337 e. The molecule has 0 aromatic heterocycles. The fraction of sp³-hybridized carbons (Fsp3) is 0.158. The van der Waals surface area contributed by atoms with Crippen molar-refractivity contribution in [3.63, 3.8) is 0 Å².